The highest BCUT2D eigenvalue weighted by molar-refractivity contribution is 5.81. The van der Waals surface area contributed by atoms with Gasteiger partial charge in [0.15, 0.2) is 0 Å². The minimum absolute atomic E-state index is 0.231. The molecule has 0 aromatic carbocycles. The Morgan fingerprint density at radius 3 is 2.71 bits per heavy atom. The van der Waals surface area contributed by atoms with Crippen LogP contribution in [0.3, 0.4) is 0 Å². The number of ketones is 1. The highest BCUT2D eigenvalue weighted by atomic mass is 16.1. The number of nitrogens with two attached hydrogens (primary N) is 1. The summed E-state index contributed by atoms with van der Waals surface area (Å²) in [5.74, 6) is 0.234. The predicted molar refractivity (Wildman–Crippen MR) is 66.7 cm³/mol. The van der Waals surface area contributed by atoms with Crippen LogP contribution >= 0.6 is 0 Å². The van der Waals surface area contributed by atoms with Crippen molar-refractivity contribution in [3.8, 4) is 0 Å². The number of rotatable bonds is 4. The number of carbonyl (C=O) groups is 1. The molecular formula is C13H21N3O. The lowest BCUT2D eigenvalue weighted by Gasteiger charge is -2.22. The SMILES string of the molecule is Cc1cc(CC(=O)CC2(N)CCCC2)n(C)n1. The van der Waals surface area contributed by atoms with Crippen molar-refractivity contribution in [1.82, 2.24) is 9.78 Å². The van der Waals surface area contributed by atoms with Crippen LogP contribution in [0.1, 0.15) is 43.5 Å². The third kappa shape index (κ3) is 2.94. The minimum Gasteiger partial charge on any atom is -0.325 e. The van der Waals surface area contributed by atoms with E-state index < -0.39 is 0 Å². The molecule has 1 saturated carbocycles. The molecular weight excluding hydrogens is 214 g/mol. The molecule has 4 heteroatoms. The third-order valence-corrected chi connectivity index (χ3v) is 3.63. The van der Waals surface area contributed by atoms with Gasteiger partial charge in [-0.15, -0.1) is 0 Å². The average molecular weight is 235 g/mol. The van der Waals surface area contributed by atoms with E-state index in [0.717, 1.165) is 37.1 Å². The highest BCUT2D eigenvalue weighted by Crippen LogP contribution is 2.30. The lowest BCUT2D eigenvalue weighted by molar-refractivity contribution is -0.119. The highest BCUT2D eigenvalue weighted by Gasteiger charge is 2.31. The number of hydrogen-bond donors (Lipinski definition) is 1. The normalized spacial score (nSPS) is 18.5. The Hall–Kier alpha value is -1.16. The number of aryl methyl sites for hydroxylation is 2. The largest absolute Gasteiger partial charge is 0.325 e. The average Bonchev–Trinajstić information content (AvgIpc) is 2.74. The second-order valence-electron chi connectivity index (χ2n) is 5.36. The van der Waals surface area contributed by atoms with Crippen LogP contribution in [0.5, 0.6) is 0 Å². The molecule has 0 atom stereocenters. The van der Waals surface area contributed by atoms with Crippen LogP contribution in [0.15, 0.2) is 6.07 Å². The zero-order valence-corrected chi connectivity index (χ0v) is 10.7. The number of aromatic nitrogens is 2. The standard InChI is InChI=1S/C13H21N3O/c1-10-7-11(16(2)15-10)8-12(17)9-13(14)5-3-4-6-13/h7H,3-6,8-9,14H2,1-2H3. The van der Waals surface area contributed by atoms with Crippen molar-refractivity contribution in [1.29, 1.82) is 0 Å². The van der Waals surface area contributed by atoms with Gasteiger partial charge < -0.3 is 5.73 Å². The fourth-order valence-electron chi connectivity index (χ4n) is 2.74. The molecule has 0 unspecified atom stereocenters. The molecule has 0 aliphatic heterocycles. The smallest absolute Gasteiger partial charge is 0.140 e. The van der Waals surface area contributed by atoms with Crippen molar-refractivity contribution in [3.63, 3.8) is 0 Å². The molecule has 94 valence electrons. The van der Waals surface area contributed by atoms with E-state index in [9.17, 15) is 4.79 Å². The Morgan fingerprint density at radius 1 is 1.53 bits per heavy atom. The molecule has 1 aromatic rings. The Morgan fingerprint density at radius 2 is 2.18 bits per heavy atom. The molecule has 1 fully saturated rings. The number of Topliss-reactive ketones (excluding diaryl/α,β-unsaturated/α-hetero) is 1. The minimum atomic E-state index is -0.231. The van der Waals surface area contributed by atoms with Gasteiger partial charge in [-0.2, -0.15) is 5.10 Å². The van der Waals surface area contributed by atoms with Crippen molar-refractivity contribution >= 4 is 5.78 Å². The Bertz CT molecular complexity index is 416. The summed E-state index contributed by atoms with van der Waals surface area (Å²) in [5.41, 5.74) is 7.92. The number of carbonyl (C=O) groups excluding carboxylic acids is 1. The first-order valence-electron chi connectivity index (χ1n) is 6.29. The van der Waals surface area contributed by atoms with Crippen LogP contribution in [-0.4, -0.2) is 21.1 Å². The van der Waals surface area contributed by atoms with Gasteiger partial charge in [0, 0.05) is 31.1 Å². The Kier molecular flexibility index (Phi) is 3.33. The fourth-order valence-corrected chi connectivity index (χ4v) is 2.74. The van der Waals surface area contributed by atoms with E-state index in [1.54, 1.807) is 4.68 Å². The number of nitrogens with zero attached hydrogens (tertiary/aromatic N) is 2. The van der Waals surface area contributed by atoms with E-state index in [2.05, 4.69) is 5.10 Å². The van der Waals surface area contributed by atoms with Crippen molar-refractivity contribution in [2.45, 2.75) is 51.0 Å². The fraction of sp³-hybridized carbons (Fsp3) is 0.692. The predicted octanol–water partition coefficient (Wildman–Crippen LogP) is 1.50. The quantitative estimate of drug-likeness (QED) is 0.860. The topological polar surface area (TPSA) is 60.9 Å². The zero-order chi connectivity index (χ0) is 12.5. The van der Waals surface area contributed by atoms with Gasteiger partial charge in [0.05, 0.1) is 5.69 Å². The first-order chi connectivity index (χ1) is 7.98. The first-order valence-corrected chi connectivity index (χ1v) is 6.29. The lowest BCUT2D eigenvalue weighted by atomic mass is 9.91. The summed E-state index contributed by atoms with van der Waals surface area (Å²) >= 11 is 0. The zero-order valence-electron chi connectivity index (χ0n) is 10.7. The molecule has 2 rings (SSSR count). The van der Waals surface area contributed by atoms with Gasteiger partial charge in [0.2, 0.25) is 0 Å². The summed E-state index contributed by atoms with van der Waals surface area (Å²) in [6.45, 7) is 1.94. The van der Waals surface area contributed by atoms with Crippen molar-refractivity contribution in [3.05, 3.63) is 17.5 Å². The van der Waals surface area contributed by atoms with Crippen LogP contribution in [0, 0.1) is 6.92 Å². The second kappa shape index (κ2) is 4.61. The third-order valence-electron chi connectivity index (χ3n) is 3.63. The van der Waals surface area contributed by atoms with Crippen LogP contribution in [0.25, 0.3) is 0 Å². The van der Waals surface area contributed by atoms with Gasteiger partial charge >= 0.3 is 0 Å². The van der Waals surface area contributed by atoms with Crippen molar-refractivity contribution in [2.75, 3.05) is 0 Å². The summed E-state index contributed by atoms with van der Waals surface area (Å²) in [7, 11) is 1.88. The van der Waals surface area contributed by atoms with Crippen molar-refractivity contribution in [2.24, 2.45) is 12.8 Å². The van der Waals surface area contributed by atoms with Gasteiger partial charge in [-0.1, -0.05) is 12.8 Å². The molecule has 1 aromatic heterocycles. The molecule has 0 spiro atoms. The van der Waals surface area contributed by atoms with Gasteiger partial charge in [0.1, 0.15) is 5.78 Å². The summed E-state index contributed by atoms with van der Waals surface area (Å²) < 4.78 is 1.78. The molecule has 0 amide bonds. The molecule has 0 saturated heterocycles. The molecule has 1 heterocycles. The molecule has 0 bridgehead atoms. The molecule has 17 heavy (non-hydrogen) atoms. The first kappa shape index (κ1) is 12.3. The maximum atomic E-state index is 12.0. The molecule has 1 aliphatic rings. The summed E-state index contributed by atoms with van der Waals surface area (Å²) in [6.07, 6.45) is 5.27. The summed E-state index contributed by atoms with van der Waals surface area (Å²) in [6, 6.07) is 1.97. The number of hydrogen-bond acceptors (Lipinski definition) is 3. The Labute approximate surface area is 102 Å². The van der Waals surface area contributed by atoms with E-state index in [1.165, 1.54) is 0 Å². The van der Waals surface area contributed by atoms with Crippen LogP contribution in [-0.2, 0) is 18.3 Å². The van der Waals surface area contributed by atoms with E-state index in [1.807, 2.05) is 20.0 Å². The monoisotopic (exact) mass is 235 g/mol. The van der Waals surface area contributed by atoms with Crippen LogP contribution < -0.4 is 5.73 Å². The molecule has 1 aliphatic carbocycles. The Balaban J connectivity index is 1.95. The maximum absolute atomic E-state index is 12.0. The van der Waals surface area contributed by atoms with Gasteiger partial charge in [-0.3, -0.25) is 9.48 Å². The van der Waals surface area contributed by atoms with E-state index >= 15 is 0 Å². The maximum Gasteiger partial charge on any atom is 0.140 e. The van der Waals surface area contributed by atoms with E-state index in [-0.39, 0.29) is 11.3 Å². The molecule has 4 nitrogen and oxygen atoms in total. The summed E-state index contributed by atoms with van der Waals surface area (Å²) in [5, 5.41) is 4.25. The van der Waals surface area contributed by atoms with Gasteiger partial charge in [-0.05, 0) is 25.8 Å². The van der Waals surface area contributed by atoms with Gasteiger partial charge in [0.25, 0.3) is 0 Å². The summed E-state index contributed by atoms with van der Waals surface area (Å²) in [4.78, 5) is 12.0. The molecule has 2 N–H and O–H groups in total. The lowest BCUT2D eigenvalue weighted by Crippen LogP contribution is -2.39. The van der Waals surface area contributed by atoms with Crippen LogP contribution in [0.2, 0.25) is 0 Å². The van der Waals surface area contributed by atoms with Gasteiger partial charge in [-0.25, -0.2) is 0 Å². The van der Waals surface area contributed by atoms with Crippen LogP contribution in [0.4, 0.5) is 0 Å². The van der Waals surface area contributed by atoms with E-state index in [4.69, 9.17) is 5.73 Å². The molecule has 0 radical (unpaired) electrons. The van der Waals surface area contributed by atoms with Crippen molar-refractivity contribution < 1.29 is 4.79 Å². The van der Waals surface area contributed by atoms with E-state index in [0.29, 0.717) is 12.8 Å². The second-order valence-corrected chi connectivity index (χ2v) is 5.36.